The van der Waals surface area contributed by atoms with E-state index < -0.39 is 0 Å². The summed E-state index contributed by atoms with van der Waals surface area (Å²) in [7, 11) is 0. The Bertz CT molecular complexity index is 470. The molecule has 0 fully saturated rings. The van der Waals surface area contributed by atoms with Crippen molar-refractivity contribution in [2.45, 2.75) is 12.5 Å². The lowest BCUT2D eigenvalue weighted by Crippen LogP contribution is -2.14. The van der Waals surface area contributed by atoms with Gasteiger partial charge in [0.05, 0.1) is 10.7 Å². The molecule has 0 bridgehead atoms. The van der Waals surface area contributed by atoms with Crippen LogP contribution in [-0.2, 0) is 6.42 Å². The van der Waals surface area contributed by atoms with Crippen molar-refractivity contribution in [2.75, 3.05) is 0 Å². The summed E-state index contributed by atoms with van der Waals surface area (Å²) >= 11 is 3.20. The molecular formula is C12H11BrFNO. The maximum Gasteiger partial charge on any atom is 0.137 e. The minimum absolute atomic E-state index is 0.281. The first-order chi connectivity index (χ1) is 7.68. The van der Waals surface area contributed by atoms with Crippen LogP contribution in [0.15, 0.2) is 45.5 Å². The number of hydrogen-bond donors (Lipinski definition) is 1. The van der Waals surface area contributed by atoms with Crippen LogP contribution in [0.3, 0.4) is 0 Å². The first kappa shape index (κ1) is 11.4. The first-order valence-electron chi connectivity index (χ1n) is 4.90. The van der Waals surface area contributed by atoms with Gasteiger partial charge in [0.15, 0.2) is 0 Å². The van der Waals surface area contributed by atoms with E-state index in [1.807, 2.05) is 12.1 Å². The van der Waals surface area contributed by atoms with Gasteiger partial charge >= 0.3 is 0 Å². The third-order valence-corrected chi connectivity index (χ3v) is 3.22. The van der Waals surface area contributed by atoms with E-state index in [0.29, 0.717) is 10.9 Å². The van der Waals surface area contributed by atoms with Crippen molar-refractivity contribution in [3.05, 3.63) is 58.2 Å². The molecule has 1 aromatic carbocycles. The number of furan rings is 1. The maximum absolute atomic E-state index is 13.3. The second-order valence-corrected chi connectivity index (χ2v) is 4.33. The van der Waals surface area contributed by atoms with Crippen LogP contribution >= 0.6 is 15.9 Å². The van der Waals surface area contributed by atoms with Gasteiger partial charge < -0.3 is 10.2 Å². The summed E-state index contributed by atoms with van der Waals surface area (Å²) in [6, 6.07) is 8.23. The SMILES string of the molecule is NC(Cc1ccco1)c1cccc(F)c1Br. The smallest absolute Gasteiger partial charge is 0.137 e. The molecule has 0 saturated carbocycles. The van der Waals surface area contributed by atoms with E-state index in [1.54, 1.807) is 18.4 Å². The van der Waals surface area contributed by atoms with Crippen LogP contribution in [0.25, 0.3) is 0 Å². The van der Waals surface area contributed by atoms with Crippen LogP contribution in [0.2, 0.25) is 0 Å². The predicted molar refractivity (Wildman–Crippen MR) is 63.4 cm³/mol. The Kier molecular flexibility index (Phi) is 3.41. The van der Waals surface area contributed by atoms with Gasteiger partial charge in [0.25, 0.3) is 0 Å². The van der Waals surface area contributed by atoms with Gasteiger partial charge in [-0.3, -0.25) is 0 Å². The quantitative estimate of drug-likeness (QED) is 0.938. The summed E-state index contributed by atoms with van der Waals surface area (Å²) in [5, 5.41) is 0. The van der Waals surface area contributed by atoms with Crippen molar-refractivity contribution in [1.29, 1.82) is 0 Å². The highest BCUT2D eigenvalue weighted by Gasteiger charge is 2.14. The molecule has 2 aromatic rings. The van der Waals surface area contributed by atoms with E-state index in [9.17, 15) is 4.39 Å². The lowest BCUT2D eigenvalue weighted by atomic mass is 10.0. The summed E-state index contributed by atoms with van der Waals surface area (Å²) in [6.07, 6.45) is 2.15. The lowest BCUT2D eigenvalue weighted by molar-refractivity contribution is 0.487. The predicted octanol–water partition coefficient (Wildman–Crippen LogP) is 3.42. The van der Waals surface area contributed by atoms with Gasteiger partial charge in [-0.1, -0.05) is 12.1 Å². The largest absolute Gasteiger partial charge is 0.469 e. The molecule has 84 valence electrons. The van der Waals surface area contributed by atoms with Gasteiger partial charge in [0, 0.05) is 12.5 Å². The average molecular weight is 284 g/mol. The standard InChI is InChI=1S/C12H11BrFNO/c13-12-9(4-1-5-10(12)14)11(15)7-8-3-2-6-16-8/h1-6,11H,7,15H2. The van der Waals surface area contributed by atoms with Crippen LogP contribution in [0.5, 0.6) is 0 Å². The van der Waals surface area contributed by atoms with Crippen LogP contribution in [0, 0.1) is 5.82 Å². The van der Waals surface area contributed by atoms with Crippen molar-refractivity contribution >= 4 is 15.9 Å². The third kappa shape index (κ3) is 2.33. The number of nitrogens with two attached hydrogens (primary N) is 1. The van der Waals surface area contributed by atoms with Crippen LogP contribution in [0.1, 0.15) is 17.4 Å². The molecule has 0 aliphatic carbocycles. The Morgan fingerprint density at radius 2 is 2.12 bits per heavy atom. The highest BCUT2D eigenvalue weighted by molar-refractivity contribution is 9.10. The minimum Gasteiger partial charge on any atom is -0.469 e. The van der Waals surface area contributed by atoms with Crippen LogP contribution in [-0.4, -0.2) is 0 Å². The molecule has 1 heterocycles. The van der Waals surface area contributed by atoms with Crippen LogP contribution in [0.4, 0.5) is 4.39 Å². The summed E-state index contributed by atoms with van der Waals surface area (Å²) in [5.74, 6) is 0.496. The zero-order valence-corrected chi connectivity index (χ0v) is 10.1. The Labute approximate surface area is 101 Å². The fourth-order valence-electron chi connectivity index (χ4n) is 1.56. The zero-order chi connectivity index (χ0) is 11.5. The van der Waals surface area contributed by atoms with Crippen molar-refractivity contribution in [1.82, 2.24) is 0 Å². The molecule has 2 nitrogen and oxygen atoms in total. The molecule has 2 N–H and O–H groups in total. The summed E-state index contributed by atoms with van der Waals surface area (Å²) in [5.41, 5.74) is 6.75. The van der Waals surface area contributed by atoms with E-state index >= 15 is 0 Å². The molecule has 0 spiro atoms. The fraction of sp³-hybridized carbons (Fsp3) is 0.167. The van der Waals surface area contributed by atoms with Crippen molar-refractivity contribution < 1.29 is 8.81 Å². The fourth-order valence-corrected chi connectivity index (χ4v) is 2.12. The van der Waals surface area contributed by atoms with Gasteiger partial charge in [-0.15, -0.1) is 0 Å². The van der Waals surface area contributed by atoms with E-state index in [-0.39, 0.29) is 11.9 Å². The van der Waals surface area contributed by atoms with E-state index in [0.717, 1.165) is 11.3 Å². The summed E-state index contributed by atoms with van der Waals surface area (Å²) in [4.78, 5) is 0. The average Bonchev–Trinajstić information content (AvgIpc) is 2.74. The van der Waals surface area contributed by atoms with Gasteiger partial charge in [0.1, 0.15) is 11.6 Å². The number of benzene rings is 1. The first-order valence-corrected chi connectivity index (χ1v) is 5.69. The Hall–Kier alpha value is -1.13. The number of rotatable bonds is 3. The molecule has 0 radical (unpaired) electrons. The Morgan fingerprint density at radius 1 is 1.31 bits per heavy atom. The monoisotopic (exact) mass is 283 g/mol. The molecule has 0 aliphatic heterocycles. The van der Waals surface area contributed by atoms with E-state index in [4.69, 9.17) is 10.2 Å². The molecule has 0 aliphatic rings. The molecule has 0 amide bonds. The molecule has 2 rings (SSSR count). The molecule has 4 heteroatoms. The lowest BCUT2D eigenvalue weighted by Gasteiger charge is -2.12. The topological polar surface area (TPSA) is 39.2 Å². The Morgan fingerprint density at radius 3 is 2.81 bits per heavy atom. The van der Waals surface area contributed by atoms with Crippen molar-refractivity contribution in [3.8, 4) is 0 Å². The van der Waals surface area contributed by atoms with Gasteiger partial charge in [0.2, 0.25) is 0 Å². The molecule has 1 atom stereocenters. The molecule has 1 aromatic heterocycles. The van der Waals surface area contributed by atoms with E-state index in [2.05, 4.69) is 15.9 Å². The van der Waals surface area contributed by atoms with Gasteiger partial charge in [-0.2, -0.15) is 0 Å². The second kappa shape index (κ2) is 4.80. The highest BCUT2D eigenvalue weighted by Crippen LogP contribution is 2.26. The molecule has 16 heavy (non-hydrogen) atoms. The van der Waals surface area contributed by atoms with Gasteiger partial charge in [-0.25, -0.2) is 4.39 Å². The van der Waals surface area contributed by atoms with E-state index in [1.165, 1.54) is 6.07 Å². The normalized spacial score (nSPS) is 12.7. The second-order valence-electron chi connectivity index (χ2n) is 3.53. The summed E-state index contributed by atoms with van der Waals surface area (Å²) in [6.45, 7) is 0. The third-order valence-electron chi connectivity index (χ3n) is 2.38. The molecule has 1 unspecified atom stereocenters. The van der Waals surface area contributed by atoms with Crippen molar-refractivity contribution in [3.63, 3.8) is 0 Å². The summed E-state index contributed by atoms with van der Waals surface area (Å²) < 4.78 is 18.9. The maximum atomic E-state index is 13.3. The van der Waals surface area contributed by atoms with Crippen LogP contribution < -0.4 is 5.73 Å². The molecular weight excluding hydrogens is 273 g/mol. The molecule has 0 saturated heterocycles. The highest BCUT2D eigenvalue weighted by atomic mass is 79.9. The Balaban J connectivity index is 2.21. The minimum atomic E-state index is -0.299. The zero-order valence-electron chi connectivity index (χ0n) is 8.49. The van der Waals surface area contributed by atoms with Crippen molar-refractivity contribution in [2.24, 2.45) is 5.73 Å². The number of hydrogen-bond acceptors (Lipinski definition) is 2. The van der Waals surface area contributed by atoms with Gasteiger partial charge in [-0.05, 0) is 39.7 Å². The number of halogens is 2.